The first kappa shape index (κ1) is 14.5. The van der Waals surface area contributed by atoms with Gasteiger partial charge in [-0.2, -0.15) is 0 Å². The summed E-state index contributed by atoms with van der Waals surface area (Å²) in [6, 6.07) is 15.3. The van der Waals surface area contributed by atoms with E-state index in [0.717, 1.165) is 11.3 Å². The summed E-state index contributed by atoms with van der Waals surface area (Å²) in [5.74, 6) is 0.322. The molecule has 0 aliphatic heterocycles. The van der Waals surface area contributed by atoms with Crippen LogP contribution in [-0.2, 0) is 6.54 Å². The van der Waals surface area contributed by atoms with Gasteiger partial charge < -0.3 is 4.90 Å². The summed E-state index contributed by atoms with van der Waals surface area (Å²) in [4.78, 5) is 18.5. The maximum absolute atomic E-state index is 12.5. The molecule has 0 atom stereocenters. The van der Waals surface area contributed by atoms with Crippen LogP contribution in [-0.4, -0.2) is 28.2 Å². The van der Waals surface area contributed by atoms with Crippen LogP contribution in [0.1, 0.15) is 21.7 Å². The normalized spacial score (nSPS) is 10.3. The number of carbonyl (C=O) groups excluding carboxylic acids is 1. The van der Waals surface area contributed by atoms with Gasteiger partial charge in [0.1, 0.15) is 5.69 Å². The predicted octanol–water partition coefficient (Wildman–Crippen LogP) is 3.27. The maximum atomic E-state index is 12.5. The van der Waals surface area contributed by atoms with Gasteiger partial charge in [-0.3, -0.25) is 4.79 Å². The number of pyridine rings is 1. The number of hydrogen-bond acceptors (Lipinski definition) is 2. The van der Waals surface area contributed by atoms with Gasteiger partial charge in [0.15, 0.2) is 0 Å². The SMILES string of the molecule is Cc1cccc(C(=O)N(CCCl)Cc2ccccc2)n1. The zero-order valence-corrected chi connectivity index (χ0v) is 12.2. The second-order valence-electron chi connectivity index (χ2n) is 4.57. The van der Waals surface area contributed by atoms with Crippen LogP contribution in [0.25, 0.3) is 0 Å². The third kappa shape index (κ3) is 3.81. The van der Waals surface area contributed by atoms with Gasteiger partial charge in [0.25, 0.3) is 5.91 Å². The molecule has 104 valence electrons. The van der Waals surface area contributed by atoms with E-state index in [1.54, 1.807) is 11.0 Å². The summed E-state index contributed by atoms with van der Waals surface area (Å²) >= 11 is 5.81. The largest absolute Gasteiger partial charge is 0.332 e. The number of halogens is 1. The molecule has 0 unspecified atom stereocenters. The highest BCUT2D eigenvalue weighted by Gasteiger charge is 2.16. The van der Waals surface area contributed by atoms with E-state index in [0.29, 0.717) is 24.7 Å². The van der Waals surface area contributed by atoms with Gasteiger partial charge in [-0.05, 0) is 24.6 Å². The van der Waals surface area contributed by atoms with Crippen molar-refractivity contribution in [2.45, 2.75) is 13.5 Å². The number of alkyl halides is 1. The lowest BCUT2D eigenvalue weighted by Crippen LogP contribution is -2.33. The van der Waals surface area contributed by atoms with Crippen molar-refractivity contribution in [3.05, 3.63) is 65.5 Å². The first-order valence-corrected chi connectivity index (χ1v) is 7.07. The minimum atomic E-state index is -0.0850. The van der Waals surface area contributed by atoms with Crippen molar-refractivity contribution in [1.82, 2.24) is 9.88 Å². The van der Waals surface area contributed by atoms with E-state index in [9.17, 15) is 4.79 Å². The lowest BCUT2D eigenvalue weighted by atomic mass is 10.2. The summed E-state index contributed by atoms with van der Waals surface area (Å²) in [6.07, 6.45) is 0. The minimum Gasteiger partial charge on any atom is -0.332 e. The predicted molar refractivity (Wildman–Crippen MR) is 80.9 cm³/mol. The van der Waals surface area contributed by atoms with Gasteiger partial charge in [0.2, 0.25) is 0 Å². The highest BCUT2D eigenvalue weighted by Crippen LogP contribution is 2.09. The van der Waals surface area contributed by atoms with Crippen molar-refractivity contribution >= 4 is 17.5 Å². The van der Waals surface area contributed by atoms with Crippen molar-refractivity contribution < 1.29 is 4.79 Å². The molecule has 3 nitrogen and oxygen atoms in total. The van der Waals surface area contributed by atoms with Crippen molar-refractivity contribution in [1.29, 1.82) is 0 Å². The average Bonchev–Trinajstić information content (AvgIpc) is 2.47. The Bertz CT molecular complexity index is 572. The number of rotatable bonds is 5. The van der Waals surface area contributed by atoms with Crippen LogP contribution in [0.3, 0.4) is 0 Å². The fraction of sp³-hybridized carbons (Fsp3) is 0.250. The molecule has 1 aromatic heterocycles. The summed E-state index contributed by atoms with van der Waals surface area (Å²) in [6.45, 7) is 2.92. The Morgan fingerprint density at radius 3 is 2.55 bits per heavy atom. The van der Waals surface area contributed by atoms with Crippen LogP contribution in [0, 0.1) is 6.92 Å². The molecule has 20 heavy (non-hydrogen) atoms. The molecule has 0 aliphatic carbocycles. The minimum absolute atomic E-state index is 0.0850. The van der Waals surface area contributed by atoms with E-state index in [4.69, 9.17) is 11.6 Å². The van der Waals surface area contributed by atoms with E-state index < -0.39 is 0 Å². The molecule has 4 heteroatoms. The zero-order valence-electron chi connectivity index (χ0n) is 11.4. The van der Waals surface area contributed by atoms with Gasteiger partial charge in [0, 0.05) is 24.7 Å². The zero-order chi connectivity index (χ0) is 14.4. The monoisotopic (exact) mass is 288 g/mol. The molecule has 0 aliphatic rings. The standard InChI is InChI=1S/C16H17ClN2O/c1-13-6-5-9-15(18-13)16(20)19(11-10-17)12-14-7-3-2-4-8-14/h2-9H,10-12H2,1H3. The van der Waals surface area contributed by atoms with E-state index in [-0.39, 0.29) is 5.91 Å². The molecule has 0 fully saturated rings. The van der Waals surface area contributed by atoms with E-state index >= 15 is 0 Å². The Kier molecular flexibility index (Phi) is 5.13. The van der Waals surface area contributed by atoms with E-state index in [1.165, 1.54) is 0 Å². The number of aryl methyl sites for hydroxylation is 1. The van der Waals surface area contributed by atoms with Crippen LogP contribution in [0.5, 0.6) is 0 Å². The summed E-state index contributed by atoms with van der Waals surface area (Å²) in [5, 5.41) is 0. The Morgan fingerprint density at radius 2 is 1.90 bits per heavy atom. The molecular weight excluding hydrogens is 272 g/mol. The van der Waals surface area contributed by atoms with Crippen molar-refractivity contribution in [3.8, 4) is 0 Å². The fourth-order valence-corrected chi connectivity index (χ4v) is 2.19. The number of carbonyl (C=O) groups is 1. The molecule has 0 radical (unpaired) electrons. The van der Waals surface area contributed by atoms with Gasteiger partial charge in [0.05, 0.1) is 0 Å². The van der Waals surface area contributed by atoms with Gasteiger partial charge in [-0.25, -0.2) is 4.98 Å². The molecule has 0 spiro atoms. The number of benzene rings is 1. The highest BCUT2D eigenvalue weighted by atomic mass is 35.5. The number of hydrogen-bond donors (Lipinski definition) is 0. The highest BCUT2D eigenvalue weighted by molar-refractivity contribution is 6.18. The van der Waals surface area contributed by atoms with Gasteiger partial charge in [-0.15, -0.1) is 11.6 Å². The smallest absolute Gasteiger partial charge is 0.272 e. The molecule has 2 rings (SSSR count). The first-order chi connectivity index (χ1) is 9.70. The Balaban J connectivity index is 2.18. The first-order valence-electron chi connectivity index (χ1n) is 6.53. The molecule has 0 saturated carbocycles. The van der Waals surface area contributed by atoms with Crippen LogP contribution in [0.4, 0.5) is 0 Å². The van der Waals surface area contributed by atoms with E-state index in [1.807, 2.05) is 49.4 Å². The third-order valence-corrected chi connectivity index (χ3v) is 3.13. The average molecular weight is 289 g/mol. The molecule has 1 aromatic carbocycles. The Hall–Kier alpha value is -1.87. The molecule has 0 bridgehead atoms. The number of nitrogens with zero attached hydrogens (tertiary/aromatic N) is 2. The topological polar surface area (TPSA) is 33.2 Å². The maximum Gasteiger partial charge on any atom is 0.272 e. The quantitative estimate of drug-likeness (QED) is 0.791. The second-order valence-corrected chi connectivity index (χ2v) is 4.94. The third-order valence-electron chi connectivity index (χ3n) is 2.97. The molecule has 0 saturated heterocycles. The van der Waals surface area contributed by atoms with Crippen molar-refractivity contribution in [2.24, 2.45) is 0 Å². The summed E-state index contributed by atoms with van der Waals surface area (Å²) in [7, 11) is 0. The molecule has 0 N–H and O–H groups in total. The lowest BCUT2D eigenvalue weighted by Gasteiger charge is -2.21. The number of amides is 1. The fourth-order valence-electron chi connectivity index (χ4n) is 1.98. The summed E-state index contributed by atoms with van der Waals surface area (Å²) < 4.78 is 0. The van der Waals surface area contributed by atoms with E-state index in [2.05, 4.69) is 4.98 Å². The molecule has 1 heterocycles. The van der Waals surface area contributed by atoms with Crippen molar-refractivity contribution in [2.75, 3.05) is 12.4 Å². The van der Waals surface area contributed by atoms with Gasteiger partial charge >= 0.3 is 0 Å². The summed E-state index contributed by atoms with van der Waals surface area (Å²) in [5.41, 5.74) is 2.38. The number of aromatic nitrogens is 1. The van der Waals surface area contributed by atoms with Gasteiger partial charge in [-0.1, -0.05) is 36.4 Å². The Labute approximate surface area is 124 Å². The second kappa shape index (κ2) is 7.06. The van der Waals surface area contributed by atoms with Crippen molar-refractivity contribution in [3.63, 3.8) is 0 Å². The van der Waals surface area contributed by atoms with Crippen LogP contribution < -0.4 is 0 Å². The van der Waals surface area contributed by atoms with Crippen LogP contribution >= 0.6 is 11.6 Å². The molecular formula is C16H17ClN2O. The molecule has 2 aromatic rings. The lowest BCUT2D eigenvalue weighted by molar-refractivity contribution is 0.0747. The molecule has 1 amide bonds. The van der Waals surface area contributed by atoms with Crippen LogP contribution in [0.15, 0.2) is 48.5 Å². The Morgan fingerprint density at radius 1 is 1.15 bits per heavy atom. The van der Waals surface area contributed by atoms with Crippen LogP contribution in [0.2, 0.25) is 0 Å².